The molecule has 1 N–H and O–H groups in total. The third-order valence-electron chi connectivity index (χ3n) is 5.53. The fraction of sp³-hybridized carbons (Fsp3) is 0.391. The molecule has 2 aromatic rings. The quantitative estimate of drug-likeness (QED) is 0.716. The summed E-state index contributed by atoms with van der Waals surface area (Å²) < 4.78 is 40.3. The van der Waals surface area contributed by atoms with Crippen LogP contribution in [0.3, 0.4) is 0 Å². The Kier molecular flexibility index (Phi) is 7.30. The Hall–Kier alpha value is -2.78. The van der Waals surface area contributed by atoms with Gasteiger partial charge in [-0.25, -0.2) is 12.8 Å². The van der Waals surface area contributed by atoms with Gasteiger partial charge in [0.15, 0.2) is 0 Å². The Morgan fingerprint density at radius 3 is 2.03 bits per heavy atom. The molecular weight excluding hydrogens is 433 g/mol. The molecule has 1 aliphatic rings. The monoisotopic (exact) mass is 461 g/mol. The number of hydrogen-bond donors (Lipinski definition) is 1. The van der Waals surface area contributed by atoms with Crippen LogP contribution in [0.4, 0.5) is 4.39 Å². The number of halogens is 1. The Balaban J connectivity index is 1.65. The molecule has 32 heavy (non-hydrogen) atoms. The van der Waals surface area contributed by atoms with Crippen LogP contribution >= 0.6 is 0 Å². The van der Waals surface area contributed by atoms with Crippen molar-refractivity contribution in [2.75, 3.05) is 26.2 Å². The lowest BCUT2D eigenvalue weighted by molar-refractivity contribution is -0.135. The Labute approximate surface area is 188 Å². The molecule has 0 unspecified atom stereocenters. The second kappa shape index (κ2) is 9.79. The molecular formula is C23H28FN3O4S. The van der Waals surface area contributed by atoms with Gasteiger partial charge in [-0.05, 0) is 49.2 Å². The molecule has 1 aliphatic heterocycles. The van der Waals surface area contributed by atoms with E-state index in [9.17, 15) is 22.4 Å². The van der Waals surface area contributed by atoms with Crippen molar-refractivity contribution in [3.63, 3.8) is 0 Å². The van der Waals surface area contributed by atoms with Crippen LogP contribution < -0.4 is 5.32 Å². The molecule has 7 nitrogen and oxygen atoms in total. The highest BCUT2D eigenvalue weighted by atomic mass is 32.2. The van der Waals surface area contributed by atoms with E-state index < -0.39 is 27.8 Å². The van der Waals surface area contributed by atoms with E-state index in [1.807, 2.05) is 20.8 Å². The summed E-state index contributed by atoms with van der Waals surface area (Å²) in [5.41, 5.74) is 1.24. The summed E-state index contributed by atoms with van der Waals surface area (Å²) in [5, 5.41) is 2.74. The SMILES string of the molecule is Cc1ccc(S(=O)(=O)N2CCN(C(=O)[C@@H](NC(=O)c3ccc(F)cc3)C(C)C)CC2)cc1. The predicted octanol–water partition coefficient (Wildman–Crippen LogP) is 2.42. The zero-order valence-electron chi connectivity index (χ0n) is 18.4. The standard InChI is InChI=1S/C23H28FN3O4S/c1-16(2)21(25-22(28)18-6-8-19(24)9-7-18)23(29)26-12-14-27(15-13-26)32(30,31)20-10-4-17(3)5-11-20/h4-11,16,21H,12-15H2,1-3H3,(H,25,28)/t21-/m0/s1. The fourth-order valence-corrected chi connectivity index (χ4v) is 4.97. The number of hydrogen-bond acceptors (Lipinski definition) is 4. The first-order chi connectivity index (χ1) is 15.1. The maximum Gasteiger partial charge on any atom is 0.251 e. The van der Waals surface area contributed by atoms with Gasteiger partial charge in [-0.15, -0.1) is 0 Å². The van der Waals surface area contributed by atoms with Crippen LogP contribution in [0.25, 0.3) is 0 Å². The lowest BCUT2D eigenvalue weighted by Gasteiger charge is -2.36. The Morgan fingerprint density at radius 1 is 0.938 bits per heavy atom. The van der Waals surface area contributed by atoms with Crippen molar-refractivity contribution in [2.24, 2.45) is 5.92 Å². The first kappa shape index (κ1) is 23.9. The van der Waals surface area contributed by atoms with Crippen molar-refractivity contribution in [1.29, 1.82) is 0 Å². The third kappa shape index (κ3) is 5.34. The number of rotatable bonds is 6. The number of benzene rings is 2. The number of amides is 2. The van der Waals surface area contributed by atoms with E-state index in [-0.39, 0.29) is 48.5 Å². The topological polar surface area (TPSA) is 86.8 Å². The summed E-state index contributed by atoms with van der Waals surface area (Å²) in [6.07, 6.45) is 0. The largest absolute Gasteiger partial charge is 0.340 e. The van der Waals surface area contributed by atoms with Gasteiger partial charge >= 0.3 is 0 Å². The third-order valence-corrected chi connectivity index (χ3v) is 7.45. The fourth-order valence-electron chi connectivity index (χ4n) is 3.54. The number of carbonyl (C=O) groups is 2. The summed E-state index contributed by atoms with van der Waals surface area (Å²) in [5.74, 6) is -1.35. The lowest BCUT2D eigenvalue weighted by Crippen LogP contribution is -2.57. The highest BCUT2D eigenvalue weighted by Crippen LogP contribution is 2.19. The Morgan fingerprint density at radius 2 is 1.50 bits per heavy atom. The molecule has 2 amide bonds. The van der Waals surface area contributed by atoms with E-state index in [4.69, 9.17) is 0 Å². The smallest absolute Gasteiger partial charge is 0.251 e. The predicted molar refractivity (Wildman–Crippen MR) is 119 cm³/mol. The molecule has 2 aromatic carbocycles. The van der Waals surface area contributed by atoms with Crippen molar-refractivity contribution in [3.8, 4) is 0 Å². The molecule has 1 atom stereocenters. The summed E-state index contributed by atoms with van der Waals surface area (Å²) in [7, 11) is -3.63. The summed E-state index contributed by atoms with van der Waals surface area (Å²) in [6, 6.07) is 11.0. The zero-order chi connectivity index (χ0) is 23.5. The molecule has 0 saturated carbocycles. The number of aryl methyl sites for hydroxylation is 1. The molecule has 1 fully saturated rings. The van der Waals surface area contributed by atoms with Crippen molar-refractivity contribution in [1.82, 2.24) is 14.5 Å². The van der Waals surface area contributed by atoms with Gasteiger partial charge < -0.3 is 10.2 Å². The maximum absolute atomic E-state index is 13.1. The average molecular weight is 462 g/mol. The van der Waals surface area contributed by atoms with Crippen LogP contribution in [0, 0.1) is 18.7 Å². The minimum Gasteiger partial charge on any atom is -0.340 e. The Bertz CT molecular complexity index is 1060. The number of nitrogens with zero attached hydrogens (tertiary/aromatic N) is 2. The first-order valence-corrected chi connectivity index (χ1v) is 12.0. The molecule has 0 aromatic heterocycles. The minimum absolute atomic E-state index is 0.179. The second-order valence-electron chi connectivity index (χ2n) is 8.24. The number of nitrogens with one attached hydrogen (secondary N) is 1. The second-order valence-corrected chi connectivity index (χ2v) is 10.2. The molecule has 0 spiro atoms. The van der Waals surface area contributed by atoms with Crippen LogP contribution in [0.5, 0.6) is 0 Å². The lowest BCUT2D eigenvalue weighted by atomic mass is 10.0. The van der Waals surface area contributed by atoms with Gasteiger partial charge in [-0.2, -0.15) is 4.31 Å². The minimum atomic E-state index is -3.63. The van der Waals surface area contributed by atoms with E-state index in [0.29, 0.717) is 0 Å². The molecule has 1 heterocycles. The molecule has 3 rings (SSSR count). The van der Waals surface area contributed by atoms with Crippen LogP contribution in [0.15, 0.2) is 53.4 Å². The molecule has 0 bridgehead atoms. The normalized spacial score (nSPS) is 16.1. The summed E-state index contributed by atoms with van der Waals surface area (Å²) >= 11 is 0. The molecule has 172 valence electrons. The van der Waals surface area contributed by atoms with Gasteiger partial charge in [0.25, 0.3) is 5.91 Å². The van der Waals surface area contributed by atoms with Crippen LogP contribution in [0.1, 0.15) is 29.8 Å². The van der Waals surface area contributed by atoms with Crippen LogP contribution in [-0.4, -0.2) is 61.7 Å². The van der Waals surface area contributed by atoms with Crippen LogP contribution in [0.2, 0.25) is 0 Å². The van der Waals surface area contributed by atoms with E-state index >= 15 is 0 Å². The van der Waals surface area contributed by atoms with E-state index in [1.54, 1.807) is 29.2 Å². The highest BCUT2D eigenvalue weighted by molar-refractivity contribution is 7.89. The van der Waals surface area contributed by atoms with Crippen LogP contribution in [-0.2, 0) is 14.8 Å². The van der Waals surface area contributed by atoms with Gasteiger partial charge in [-0.1, -0.05) is 31.5 Å². The van der Waals surface area contributed by atoms with Gasteiger partial charge in [-0.3, -0.25) is 9.59 Å². The number of sulfonamides is 1. The van der Waals surface area contributed by atoms with E-state index in [0.717, 1.165) is 5.56 Å². The molecule has 9 heteroatoms. The first-order valence-electron chi connectivity index (χ1n) is 10.5. The van der Waals surface area contributed by atoms with Crippen molar-refractivity contribution in [3.05, 3.63) is 65.5 Å². The van der Waals surface area contributed by atoms with Gasteiger partial charge in [0.05, 0.1) is 4.90 Å². The van der Waals surface area contributed by atoms with Gasteiger partial charge in [0.1, 0.15) is 11.9 Å². The summed E-state index contributed by atoms with van der Waals surface area (Å²) in [6.45, 7) is 6.37. The number of piperazine rings is 1. The molecule has 0 radical (unpaired) electrons. The van der Waals surface area contributed by atoms with Crippen molar-refractivity contribution < 1.29 is 22.4 Å². The highest BCUT2D eigenvalue weighted by Gasteiger charge is 2.34. The van der Waals surface area contributed by atoms with Crippen molar-refractivity contribution >= 4 is 21.8 Å². The van der Waals surface area contributed by atoms with Gasteiger partial charge in [0.2, 0.25) is 15.9 Å². The van der Waals surface area contributed by atoms with E-state index in [1.165, 1.54) is 28.6 Å². The summed E-state index contributed by atoms with van der Waals surface area (Å²) in [4.78, 5) is 27.4. The van der Waals surface area contributed by atoms with E-state index in [2.05, 4.69) is 5.32 Å². The molecule has 1 saturated heterocycles. The van der Waals surface area contributed by atoms with Gasteiger partial charge in [0, 0.05) is 31.7 Å². The van der Waals surface area contributed by atoms with Crippen molar-refractivity contribution in [2.45, 2.75) is 31.7 Å². The average Bonchev–Trinajstić information content (AvgIpc) is 2.77. The zero-order valence-corrected chi connectivity index (χ0v) is 19.2. The maximum atomic E-state index is 13.1. The number of carbonyl (C=O) groups excluding carboxylic acids is 2. The molecule has 0 aliphatic carbocycles.